The molecule has 0 atom stereocenters. The number of carbonyl (C=O) groups excluding carboxylic acids is 1. The fourth-order valence-corrected chi connectivity index (χ4v) is 2.86. The molecular weight excluding hydrogens is 346 g/mol. The molecule has 3 N–H and O–H groups in total. The van der Waals surface area contributed by atoms with Crippen LogP contribution in [-0.4, -0.2) is 32.7 Å². The van der Waals surface area contributed by atoms with Crippen LogP contribution in [0.3, 0.4) is 0 Å². The van der Waals surface area contributed by atoms with E-state index in [4.69, 9.17) is 5.73 Å². The van der Waals surface area contributed by atoms with Crippen molar-refractivity contribution >= 4 is 24.0 Å². The number of nitrogens with two attached hydrogens (primary N) is 1. The highest BCUT2D eigenvalue weighted by Crippen LogP contribution is 2.18. The first-order valence-electron chi connectivity index (χ1n) is 7.90. The highest BCUT2D eigenvalue weighted by molar-refractivity contribution is 5.92. The lowest BCUT2D eigenvalue weighted by molar-refractivity contribution is -0.384. The lowest BCUT2D eigenvalue weighted by atomic mass is 9.92. The molecule has 8 nitrogen and oxygen atoms in total. The van der Waals surface area contributed by atoms with Gasteiger partial charge in [0.05, 0.1) is 10.6 Å². The molecule has 1 amide bonds. The van der Waals surface area contributed by atoms with Crippen molar-refractivity contribution in [1.82, 2.24) is 15.1 Å². The largest absolute Gasteiger partial charge is 0.348 e. The second-order valence-electron chi connectivity index (χ2n) is 6.01. The Hall–Kier alpha value is -2.45. The van der Waals surface area contributed by atoms with E-state index in [2.05, 4.69) is 10.4 Å². The molecule has 0 aliphatic heterocycles. The van der Waals surface area contributed by atoms with Gasteiger partial charge >= 0.3 is 0 Å². The van der Waals surface area contributed by atoms with Gasteiger partial charge in [0.15, 0.2) is 5.69 Å². The Morgan fingerprint density at radius 1 is 1.28 bits per heavy atom. The van der Waals surface area contributed by atoms with Crippen LogP contribution >= 0.6 is 12.4 Å². The van der Waals surface area contributed by atoms with E-state index in [9.17, 15) is 14.9 Å². The maximum atomic E-state index is 12.3. The van der Waals surface area contributed by atoms with E-state index in [1.54, 1.807) is 24.4 Å². The number of halogens is 1. The SMILES string of the molecule is Cl.NC1CCC(NC(=O)c2ccn(-c3cccc([N+](=O)[O-])c3)n2)CC1. The molecular formula is C16H20ClN5O3. The number of nitro groups is 1. The smallest absolute Gasteiger partial charge is 0.272 e. The normalized spacial score (nSPS) is 19.7. The molecule has 1 fully saturated rings. The summed E-state index contributed by atoms with van der Waals surface area (Å²) in [6.07, 6.45) is 5.18. The Morgan fingerprint density at radius 2 is 2.00 bits per heavy atom. The molecule has 3 rings (SSSR count). The minimum absolute atomic E-state index is 0. The number of hydrogen-bond acceptors (Lipinski definition) is 5. The van der Waals surface area contributed by atoms with E-state index in [0.29, 0.717) is 5.69 Å². The molecule has 1 aliphatic carbocycles. The van der Waals surface area contributed by atoms with Gasteiger partial charge in [-0.3, -0.25) is 14.9 Å². The zero-order valence-electron chi connectivity index (χ0n) is 13.5. The number of non-ortho nitro benzene ring substituents is 1. The third-order valence-corrected chi connectivity index (χ3v) is 4.23. The highest BCUT2D eigenvalue weighted by Gasteiger charge is 2.21. The molecule has 1 aliphatic rings. The van der Waals surface area contributed by atoms with Gasteiger partial charge in [-0.05, 0) is 37.8 Å². The van der Waals surface area contributed by atoms with E-state index in [1.165, 1.54) is 16.8 Å². The number of nitrogens with one attached hydrogen (secondary N) is 1. The van der Waals surface area contributed by atoms with Gasteiger partial charge in [0.1, 0.15) is 0 Å². The fraction of sp³-hybridized carbons (Fsp3) is 0.375. The number of carbonyl (C=O) groups is 1. The van der Waals surface area contributed by atoms with E-state index in [0.717, 1.165) is 25.7 Å². The summed E-state index contributed by atoms with van der Waals surface area (Å²) < 4.78 is 1.46. The Bertz CT molecular complexity index is 756. The maximum absolute atomic E-state index is 12.3. The van der Waals surface area contributed by atoms with Gasteiger partial charge in [-0.25, -0.2) is 4.68 Å². The first-order chi connectivity index (χ1) is 11.5. The molecule has 0 unspecified atom stereocenters. The predicted molar refractivity (Wildman–Crippen MR) is 95.2 cm³/mol. The number of amides is 1. The molecule has 1 heterocycles. The van der Waals surface area contributed by atoms with Crippen LogP contribution in [0, 0.1) is 10.1 Å². The average molecular weight is 366 g/mol. The topological polar surface area (TPSA) is 116 Å². The van der Waals surface area contributed by atoms with Crippen LogP contribution in [0.5, 0.6) is 0 Å². The highest BCUT2D eigenvalue weighted by atomic mass is 35.5. The molecule has 1 aromatic heterocycles. The number of benzene rings is 1. The Kier molecular flexibility index (Phi) is 6.11. The molecule has 0 radical (unpaired) electrons. The second kappa shape index (κ2) is 8.09. The number of rotatable bonds is 4. The Morgan fingerprint density at radius 3 is 2.68 bits per heavy atom. The summed E-state index contributed by atoms with van der Waals surface area (Å²) >= 11 is 0. The van der Waals surface area contributed by atoms with Gasteiger partial charge in [-0.15, -0.1) is 12.4 Å². The third-order valence-electron chi connectivity index (χ3n) is 4.23. The van der Waals surface area contributed by atoms with Gasteiger partial charge < -0.3 is 11.1 Å². The zero-order valence-corrected chi connectivity index (χ0v) is 14.3. The van der Waals surface area contributed by atoms with Crippen LogP contribution in [0.2, 0.25) is 0 Å². The first kappa shape index (κ1) is 18.9. The fourth-order valence-electron chi connectivity index (χ4n) is 2.86. The number of hydrogen-bond donors (Lipinski definition) is 2. The molecule has 1 saturated carbocycles. The minimum Gasteiger partial charge on any atom is -0.348 e. The summed E-state index contributed by atoms with van der Waals surface area (Å²) in [5, 5.41) is 18.0. The van der Waals surface area contributed by atoms with Gasteiger partial charge in [0.2, 0.25) is 0 Å². The predicted octanol–water partition coefficient (Wildman–Crippen LogP) is 2.20. The molecule has 25 heavy (non-hydrogen) atoms. The van der Waals surface area contributed by atoms with Crippen LogP contribution in [0.4, 0.5) is 5.69 Å². The van der Waals surface area contributed by atoms with E-state index in [-0.39, 0.29) is 41.8 Å². The van der Waals surface area contributed by atoms with Gasteiger partial charge in [-0.2, -0.15) is 5.10 Å². The lowest BCUT2D eigenvalue weighted by Gasteiger charge is -2.26. The average Bonchev–Trinajstić information content (AvgIpc) is 3.07. The number of nitrogens with zero attached hydrogens (tertiary/aromatic N) is 3. The van der Waals surface area contributed by atoms with Gasteiger partial charge in [0, 0.05) is 30.4 Å². The molecule has 2 aromatic rings. The van der Waals surface area contributed by atoms with E-state index >= 15 is 0 Å². The van der Waals surface area contributed by atoms with Crippen molar-refractivity contribution in [3.8, 4) is 5.69 Å². The first-order valence-corrected chi connectivity index (χ1v) is 7.90. The van der Waals surface area contributed by atoms with Crippen molar-refractivity contribution in [2.45, 2.75) is 37.8 Å². The standard InChI is InChI=1S/C16H19N5O3.ClH/c17-11-4-6-12(7-5-11)18-16(22)15-8-9-20(19-15)13-2-1-3-14(10-13)21(23)24;/h1-3,8-12H,4-7,17H2,(H,18,22);1H. The minimum atomic E-state index is -0.464. The van der Waals surface area contributed by atoms with Crippen molar-refractivity contribution in [3.63, 3.8) is 0 Å². The van der Waals surface area contributed by atoms with Crippen molar-refractivity contribution in [1.29, 1.82) is 0 Å². The summed E-state index contributed by atoms with van der Waals surface area (Å²) in [6, 6.07) is 8.06. The monoisotopic (exact) mass is 365 g/mol. The zero-order chi connectivity index (χ0) is 17.1. The molecule has 1 aromatic carbocycles. The molecule has 0 saturated heterocycles. The summed E-state index contributed by atoms with van der Waals surface area (Å²) in [5.74, 6) is -0.236. The van der Waals surface area contributed by atoms with Crippen molar-refractivity contribution in [2.24, 2.45) is 5.73 Å². The Labute approximate surface area is 151 Å². The summed E-state index contributed by atoms with van der Waals surface area (Å²) in [6.45, 7) is 0. The van der Waals surface area contributed by atoms with E-state index < -0.39 is 4.92 Å². The summed E-state index contributed by atoms with van der Waals surface area (Å²) in [5.41, 5.74) is 6.67. The van der Waals surface area contributed by atoms with Crippen molar-refractivity contribution < 1.29 is 9.72 Å². The van der Waals surface area contributed by atoms with Gasteiger partial charge in [-0.1, -0.05) is 6.07 Å². The van der Waals surface area contributed by atoms with Crippen LogP contribution in [-0.2, 0) is 0 Å². The van der Waals surface area contributed by atoms with Crippen LogP contribution in [0.25, 0.3) is 5.69 Å². The lowest BCUT2D eigenvalue weighted by Crippen LogP contribution is -2.40. The number of nitro benzene ring substituents is 1. The van der Waals surface area contributed by atoms with Crippen LogP contribution < -0.4 is 11.1 Å². The maximum Gasteiger partial charge on any atom is 0.272 e. The van der Waals surface area contributed by atoms with Crippen molar-refractivity contribution in [2.75, 3.05) is 0 Å². The quantitative estimate of drug-likeness (QED) is 0.636. The third kappa shape index (κ3) is 4.55. The second-order valence-corrected chi connectivity index (χ2v) is 6.01. The van der Waals surface area contributed by atoms with Crippen LogP contribution in [0.1, 0.15) is 36.2 Å². The Balaban J connectivity index is 0.00000225. The number of aromatic nitrogens is 2. The molecule has 134 valence electrons. The molecule has 0 spiro atoms. The van der Waals surface area contributed by atoms with Gasteiger partial charge in [0.25, 0.3) is 11.6 Å². The summed E-state index contributed by atoms with van der Waals surface area (Å²) in [7, 11) is 0. The van der Waals surface area contributed by atoms with Crippen LogP contribution in [0.15, 0.2) is 36.5 Å². The molecule has 0 bridgehead atoms. The van der Waals surface area contributed by atoms with Crippen molar-refractivity contribution in [3.05, 3.63) is 52.3 Å². The van der Waals surface area contributed by atoms with E-state index in [1.807, 2.05) is 0 Å². The summed E-state index contributed by atoms with van der Waals surface area (Å²) in [4.78, 5) is 22.7. The molecule has 9 heteroatoms.